The van der Waals surface area contributed by atoms with Gasteiger partial charge in [0, 0.05) is 70.9 Å². The highest BCUT2D eigenvalue weighted by atomic mass is 16.5. The number of methoxy groups -OCH3 is 2. The lowest BCUT2D eigenvalue weighted by molar-refractivity contribution is -0.141. The van der Waals surface area contributed by atoms with Gasteiger partial charge in [0.1, 0.15) is 17.6 Å². The maximum Gasteiger partial charge on any atom is 0.328 e. The number of rotatable bonds is 14. The predicted octanol–water partition coefficient (Wildman–Crippen LogP) is 3.65. The van der Waals surface area contributed by atoms with E-state index < -0.39 is 12.0 Å². The zero-order chi connectivity index (χ0) is 34.9. The molecule has 1 fully saturated rings. The normalized spacial score (nSPS) is 13.7. The number of hydrogen-bond donors (Lipinski definition) is 4. The summed E-state index contributed by atoms with van der Waals surface area (Å²) in [5, 5.41) is 19.1. The Morgan fingerprint density at radius 3 is 2.56 bits per heavy atom. The van der Waals surface area contributed by atoms with Crippen LogP contribution in [0.4, 0.5) is 23.5 Å². The molecule has 1 aliphatic heterocycles. The topological polar surface area (TPSA) is 169 Å². The van der Waals surface area contributed by atoms with Gasteiger partial charge in [0.05, 0.1) is 36.9 Å². The minimum Gasteiger partial charge on any atom is -0.497 e. The van der Waals surface area contributed by atoms with Crippen LogP contribution in [0.15, 0.2) is 66.7 Å². The second-order valence-corrected chi connectivity index (χ2v) is 12.1. The molecule has 4 N–H and O–H groups in total. The Morgan fingerprint density at radius 1 is 1.00 bits per heavy atom. The number of esters is 1. The smallest absolute Gasteiger partial charge is 0.328 e. The van der Waals surface area contributed by atoms with Crippen LogP contribution >= 0.6 is 0 Å². The summed E-state index contributed by atoms with van der Waals surface area (Å²) >= 11 is 0. The van der Waals surface area contributed by atoms with Gasteiger partial charge in [-0.3, -0.25) is 4.90 Å². The molecule has 1 aliphatic rings. The Labute approximate surface area is 290 Å². The molecule has 0 spiro atoms. The van der Waals surface area contributed by atoms with Crippen molar-refractivity contribution in [1.82, 2.24) is 35.1 Å². The van der Waals surface area contributed by atoms with E-state index in [9.17, 15) is 10.1 Å². The highest BCUT2D eigenvalue weighted by Gasteiger charge is 2.23. The first-order valence-corrected chi connectivity index (χ1v) is 16.5. The number of carbonyl (C=O) groups is 1. The predicted molar refractivity (Wildman–Crippen MR) is 192 cm³/mol. The van der Waals surface area contributed by atoms with Crippen molar-refractivity contribution in [2.75, 3.05) is 69.5 Å². The van der Waals surface area contributed by atoms with Gasteiger partial charge in [0.2, 0.25) is 17.8 Å². The fourth-order valence-electron chi connectivity index (χ4n) is 5.76. The molecule has 258 valence electrons. The molecule has 1 saturated heterocycles. The van der Waals surface area contributed by atoms with Crippen LogP contribution in [0, 0.1) is 11.3 Å². The van der Waals surface area contributed by atoms with Gasteiger partial charge in [-0.1, -0.05) is 24.3 Å². The maximum atomic E-state index is 13.0. The monoisotopic (exact) mass is 675 g/mol. The number of benzene rings is 3. The molecule has 2 aromatic heterocycles. The number of piperazine rings is 1. The fraction of sp³-hybridized carbons (Fsp3) is 0.333. The van der Waals surface area contributed by atoms with Gasteiger partial charge in [0.15, 0.2) is 0 Å². The average molecular weight is 676 g/mol. The molecule has 0 saturated carbocycles. The molecule has 50 heavy (non-hydrogen) atoms. The summed E-state index contributed by atoms with van der Waals surface area (Å²) in [6.07, 6.45) is 0.894. The summed E-state index contributed by atoms with van der Waals surface area (Å²) in [4.78, 5) is 39.5. The molecule has 1 atom stereocenters. The molecule has 14 nitrogen and oxygen atoms in total. The van der Waals surface area contributed by atoms with Gasteiger partial charge >= 0.3 is 5.97 Å². The van der Waals surface area contributed by atoms with Crippen LogP contribution in [0.2, 0.25) is 0 Å². The molecular formula is C36H41N11O3. The number of nitrogens with one attached hydrogen (secondary N) is 4. The molecule has 6 rings (SSSR count). The zero-order valence-electron chi connectivity index (χ0n) is 28.4. The molecule has 0 aliphatic carbocycles. The number of aromatic amines is 1. The van der Waals surface area contributed by atoms with Crippen molar-refractivity contribution in [2.24, 2.45) is 0 Å². The van der Waals surface area contributed by atoms with Crippen molar-refractivity contribution in [1.29, 1.82) is 5.26 Å². The molecule has 0 bridgehead atoms. The first-order valence-electron chi connectivity index (χ1n) is 16.5. The average Bonchev–Trinajstić information content (AvgIpc) is 3.56. The van der Waals surface area contributed by atoms with E-state index in [-0.39, 0.29) is 5.95 Å². The SMILES string of the molecule is COC(=O)[C@H](Cc1ccc(C#N)cc1)Nc1nc(Nc2cccc(CN3CCNCC3)c2)nc(N(C)CCc2nc3ccc(OC)cc3[nH]2)n1. The number of aromatic nitrogens is 5. The van der Waals surface area contributed by atoms with Crippen LogP contribution in [0.1, 0.15) is 22.5 Å². The number of H-pyrrole nitrogens is 1. The van der Waals surface area contributed by atoms with E-state index in [1.54, 1.807) is 19.2 Å². The van der Waals surface area contributed by atoms with Crippen molar-refractivity contribution in [3.63, 3.8) is 0 Å². The van der Waals surface area contributed by atoms with Gasteiger partial charge in [-0.05, 0) is 47.5 Å². The summed E-state index contributed by atoms with van der Waals surface area (Å²) in [5.74, 6) is 2.04. The molecule has 3 aromatic carbocycles. The first kappa shape index (κ1) is 34.1. The molecule has 5 aromatic rings. The van der Waals surface area contributed by atoms with E-state index >= 15 is 0 Å². The zero-order valence-corrected chi connectivity index (χ0v) is 28.4. The molecular weight excluding hydrogens is 634 g/mol. The number of fused-ring (bicyclic) bond motifs is 1. The number of nitrogens with zero attached hydrogens (tertiary/aromatic N) is 7. The van der Waals surface area contributed by atoms with E-state index in [4.69, 9.17) is 24.4 Å². The van der Waals surface area contributed by atoms with Crippen LogP contribution in [-0.4, -0.2) is 95.8 Å². The van der Waals surface area contributed by atoms with Crippen LogP contribution < -0.4 is 25.6 Å². The molecule has 0 radical (unpaired) electrons. The van der Waals surface area contributed by atoms with E-state index in [2.05, 4.69) is 49.0 Å². The van der Waals surface area contributed by atoms with E-state index in [1.165, 1.54) is 12.7 Å². The molecule has 3 heterocycles. The summed E-state index contributed by atoms with van der Waals surface area (Å²) < 4.78 is 10.5. The summed E-state index contributed by atoms with van der Waals surface area (Å²) in [6.45, 7) is 5.37. The van der Waals surface area contributed by atoms with Gasteiger partial charge in [-0.25, -0.2) is 9.78 Å². The third-order valence-electron chi connectivity index (χ3n) is 8.50. The largest absolute Gasteiger partial charge is 0.497 e. The lowest BCUT2D eigenvalue weighted by Gasteiger charge is -2.27. The van der Waals surface area contributed by atoms with Crippen LogP contribution in [0.5, 0.6) is 5.75 Å². The minimum absolute atomic E-state index is 0.209. The number of carbonyl (C=O) groups excluding carboxylic acids is 1. The van der Waals surface area contributed by atoms with Crippen LogP contribution in [0.25, 0.3) is 11.0 Å². The number of anilines is 4. The van der Waals surface area contributed by atoms with Gasteiger partial charge < -0.3 is 35.3 Å². The third kappa shape index (κ3) is 8.81. The molecule has 0 amide bonds. The molecule has 0 unspecified atom stereocenters. The van der Waals surface area contributed by atoms with Crippen LogP contribution in [0.3, 0.4) is 0 Å². The first-order chi connectivity index (χ1) is 24.4. The molecule has 14 heteroatoms. The van der Waals surface area contributed by atoms with Crippen molar-refractivity contribution in [2.45, 2.75) is 25.4 Å². The number of hydrogen-bond acceptors (Lipinski definition) is 13. The van der Waals surface area contributed by atoms with Crippen LogP contribution in [-0.2, 0) is 28.9 Å². The number of imidazole rings is 1. The third-order valence-corrected chi connectivity index (χ3v) is 8.50. The highest BCUT2D eigenvalue weighted by molar-refractivity contribution is 5.79. The van der Waals surface area contributed by atoms with Gasteiger partial charge in [0.25, 0.3) is 0 Å². The van der Waals surface area contributed by atoms with Crippen molar-refractivity contribution < 1.29 is 14.3 Å². The lowest BCUT2D eigenvalue weighted by atomic mass is 10.0. The summed E-state index contributed by atoms with van der Waals surface area (Å²) in [5.41, 5.74) is 5.16. The number of likely N-dealkylation sites (N-methyl/N-ethyl adjacent to an activating group) is 1. The Balaban J connectivity index is 1.24. The lowest BCUT2D eigenvalue weighted by Crippen LogP contribution is -2.42. The summed E-state index contributed by atoms with van der Waals surface area (Å²) in [6, 6.07) is 22.3. The fourth-order valence-corrected chi connectivity index (χ4v) is 5.76. The number of ether oxygens (including phenoxy) is 2. The Bertz CT molecular complexity index is 1950. The van der Waals surface area contributed by atoms with E-state index in [0.717, 1.165) is 66.6 Å². The van der Waals surface area contributed by atoms with Gasteiger partial charge in [-0.15, -0.1) is 0 Å². The Kier molecular flexibility index (Phi) is 11.0. The van der Waals surface area contributed by atoms with Crippen molar-refractivity contribution in [3.8, 4) is 11.8 Å². The summed E-state index contributed by atoms with van der Waals surface area (Å²) in [7, 11) is 4.88. The minimum atomic E-state index is -0.795. The standard InChI is InChI=1S/C36H41N11O3/c1-46(16-13-32-40-29-12-11-28(49-2)21-30(29)41-32)36-44-34(39-27-6-4-5-26(19-27)23-47-17-14-38-15-18-47)43-35(45-36)42-31(33(48)50-3)20-24-7-9-25(22-37)10-8-24/h4-12,19,21,31,38H,13-18,20,23H2,1-3H3,(H,40,41)(H2,39,42,43,44,45)/t31-/m0/s1. The Morgan fingerprint density at radius 2 is 1.80 bits per heavy atom. The maximum absolute atomic E-state index is 13.0. The highest BCUT2D eigenvalue weighted by Crippen LogP contribution is 2.22. The Hall–Kier alpha value is -5.78. The van der Waals surface area contributed by atoms with Gasteiger partial charge in [-0.2, -0.15) is 20.2 Å². The van der Waals surface area contributed by atoms with E-state index in [1.807, 2.05) is 54.4 Å². The van der Waals surface area contributed by atoms with Crippen molar-refractivity contribution >= 4 is 40.5 Å². The second kappa shape index (κ2) is 16.1. The van der Waals surface area contributed by atoms with E-state index in [0.29, 0.717) is 36.8 Å². The van der Waals surface area contributed by atoms with Crippen molar-refractivity contribution in [3.05, 3.63) is 89.2 Å². The quantitative estimate of drug-likeness (QED) is 0.126. The number of nitriles is 1. The second-order valence-electron chi connectivity index (χ2n) is 12.1.